The predicted molar refractivity (Wildman–Crippen MR) is 75.6 cm³/mol. The second-order valence-electron chi connectivity index (χ2n) is 4.76. The summed E-state index contributed by atoms with van der Waals surface area (Å²) in [6, 6.07) is 12.3. The van der Waals surface area contributed by atoms with Crippen LogP contribution in [0.15, 0.2) is 46.9 Å². The molecule has 0 amide bonds. The van der Waals surface area contributed by atoms with E-state index in [0.29, 0.717) is 22.4 Å². The van der Waals surface area contributed by atoms with Crippen LogP contribution in [0.5, 0.6) is 0 Å². The van der Waals surface area contributed by atoms with E-state index in [1.54, 1.807) is 36.4 Å². The van der Waals surface area contributed by atoms with Crippen molar-refractivity contribution in [3.05, 3.63) is 63.6 Å². The van der Waals surface area contributed by atoms with Crippen molar-refractivity contribution in [2.45, 2.75) is 5.72 Å². The second kappa shape index (κ2) is 3.70. The lowest BCUT2D eigenvalue weighted by Crippen LogP contribution is -2.38. The molecule has 0 aliphatic carbocycles. The molecular formula is C15H8BrNO3. The minimum Gasteiger partial charge on any atom is -0.423 e. The lowest BCUT2D eigenvalue weighted by atomic mass is 9.96. The number of benzene rings is 2. The molecule has 0 fully saturated rings. The quantitative estimate of drug-likeness (QED) is 0.754. The average molecular weight is 330 g/mol. The van der Waals surface area contributed by atoms with E-state index in [4.69, 9.17) is 4.74 Å². The van der Waals surface area contributed by atoms with Crippen LogP contribution in [0.25, 0.3) is 0 Å². The van der Waals surface area contributed by atoms with Gasteiger partial charge >= 0.3 is 5.97 Å². The van der Waals surface area contributed by atoms with Gasteiger partial charge in [0, 0.05) is 21.3 Å². The number of hydrogen-bond acceptors (Lipinski definition) is 4. The smallest absolute Gasteiger partial charge is 0.341 e. The molecular weight excluding hydrogens is 322 g/mol. The van der Waals surface area contributed by atoms with Gasteiger partial charge in [0.15, 0.2) is 0 Å². The molecule has 0 bridgehead atoms. The van der Waals surface area contributed by atoms with E-state index < -0.39 is 11.7 Å². The van der Waals surface area contributed by atoms with E-state index >= 15 is 0 Å². The number of nitrogens with one attached hydrogen (secondary N) is 1. The van der Waals surface area contributed by atoms with E-state index in [1.165, 1.54) is 0 Å². The van der Waals surface area contributed by atoms with Crippen LogP contribution >= 0.6 is 15.9 Å². The fourth-order valence-corrected chi connectivity index (χ4v) is 3.09. The van der Waals surface area contributed by atoms with E-state index in [1.807, 2.05) is 6.07 Å². The molecule has 0 aromatic heterocycles. The molecule has 2 heterocycles. The zero-order valence-corrected chi connectivity index (χ0v) is 11.7. The number of hydrogen-bond donors (Lipinski definition) is 1. The van der Waals surface area contributed by atoms with Gasteiger partial charge in [0.25, 0.3) is 5.72 Å². The minimum absolute atomic E-state index is 0.243. The number of rotatable bonds is 0. The van der Waals surface area contributed by atoms with Gasteiger partial charge < -0.3 is 10.1 Å². The zero-order chi connectivity index (χ0) is 13.9. The van der Waals surface area contributed by atoms with Crippen molar-refractivity contribution in [3.63, 3.8) is 0 Å². The van der Waals surface area contributed by atoms with Crippen molar-refractivity contribution in [2.75, 3.05) is 5.32 Å². The SMILES string of the molecule is O=C1OC2(Nc3ccc(Br)cc3C2=O)c2ccccc21. The summed E-state index contributed by atoms with van der Waals surface area (Å²) in [7, 11) is 0. The summed E-state index contributed by atoms with van der Waals surface area (Å²) in [4.78, 5) is 24.7. The van der Waals surface area contributed by atoms with Gasteiger partial charge in [-0.15, -0.1) is 0 Å². The van der Waals surface area contributed by atoms with Crippen molar-refractivity contribution < 1.29 is 14.3 Å². The Bertz CT molecular complexity index is 786. The molecule has 2 aliphatic heterocycles. The van der Waals surface area contributed by atoms with Gasteiger partial charge in [0.1, 0.15) is 0 Å². The van der Waals surface area contributed by atoms with Crippen molar-refractivity contribution in [1.82, 2.24) is 0 Å². The van der Waals surface area contributed by atoms with Gasteiger partial charge in [-0.3, -0.25) is 4.79 Å². The second-order valence-corrected chi connectivity index (χ2v) is 5.68. The third-order valence-corrected chi connectivity index (χ3v) is 4.12. The van der Waals surface area contributed by atoms with E-state index in [9.17, 15) is 9.59 Å². The molecule has 2 aromatic carbocycles. The molecule has 2 aliphatic rings. The largest absolute Gasteiger partial charge is 0.423 e. The number of ketones is 1. The molecule has 1 spiro atoms. The molecule has 98 valence electrons. The van der Waals surface area contributed by atoms with Gasteiger partial charge in [0.05, 0.1) is 5.56 Å². The minimum atomic E-state index is -1.41. The van der Waals surface area contributed by atoms with Crippen LogP contribution in [-0.2, 0) is 10.5 Å². The number of esters is 1. The normalized spacial score (nSPS) is 22.4. The highest BCUT2D eigenvalue weighted by molar-refractivity contribution is 9.10. The Balaban J connectivity index is 1.94. The molecule has 5 heteroatoms. The number of ether oxygens (including phenoxy) is 1. The van der Waals surface area contributed by atoms with E-state index in [0.717, 1.165) is 4.47 Å². The lowest BCUT2D eigenvalue weighted by molar-refractivity contribution is 0.0111. The van der Waals surface area contributed by atoms with Gasteiger partial charge in [-0.25, -0.2) is 4.79 Å². The van der Waals surface area contributed by atoms with Crippen LogP contribution in [0.2, 0.25) is 0 Å². The summed E-state index contributed by atoms with van der Waals surface area (Å²) in [6.45, 7) is 0. The van der Waals surface area contributed by atoms with Crippen molar-refractivity contribution in [2.24, 2.45) is 0 Å². The molecule has 1 atom stereocenters. The highest BCUT2D eigenvalue weighted by atomic mass is 79.9. The first-order valence-electron chi connectivity index (χ1n) is 6.07. The summed E-state index contributed by atoms with van der Waals surface area (Å²) in [5, 5.41) is 3.06. The summed E-state index contributed by atoms with van der Waals surface area (Å²) in [6.07, 6.45) is 0. The summed E-state index contributed by atoms with van der Waals surface area (Å²) < 4.78 is 6.21. The number of carbonyl (C=O) groups is 2. The molecule has 4 rings (SSSR count). The molecule has 0 radical (unpaired) electrons. The summed E-state index contributed by atoms with van der Waals surface area (Å²) in [5.41, 5.74) is 0.783. The van der Waals surface area contributed by atoms with E-state index in [-0.39, 0.29) is 5.78 Å². The van der Waals surface area contributed by atoms with Crippen LogP contribution < -0.4 is 5.32 Å². The van der Waals surface area contributed by atoms with Gasteiger partial charge in [-0.05, 0) is 24.3 Å². The molecule has 1 N–H and O–H groups in total. The Morgan fingerprint density at radius 1 is 1.05 bits per heavy atom. The Kier molecular flexibility index (Phi) is 2.16. The topological polar surface area (TPSA) is 55.4 Å². The fraction of sp³-hybridized carbons (Fsp3) is 0.0667. The number of Topliss-reactive ketones (excluding diaryl/α,β-unsaturated/α-hetero) is 1. The number of halogens is 1. The number of fused-ring (bicyclic) bond motifs is 3. The molecule has 2 aromatic rings. The summed E-state index contributed by atoms with van der Waals surface area (Å²) >= 11 is 3.35. The van der Waals surface area contributed by atoms with Gasteiger partial charge in [-0.1, -0.05) is 34.1 Å². The van der Waals surface area contributed by atoms with E-state index in [2.05, 4.69) is 21.2 Å². The predicted octanol–water partition coefficient (Wildman–Crippen LogP) is 3.08. The monoisotopic (exact) mass is 329 g/mol. The van der Waals surface area contributed by atoms with Gasteiger partial charge in [-0.2, -0.15) is 0 Å². The third kappa shape index (κ3) is 1.30. The Hall–Kier alpha value is -2.14. The number of carbonyl (C=O) groups excluding carboxylic acids is 2. The first-order valence-corrected chi connectivity index (χ1v) is 6.86. The molecule has 4 nitrogen and oxygen atoms in total. The van der Waals surface area contributed by atoms with Crippen LogP contribution in [0, 0.1) is 0 Å². The number of anilines is 1. The Labute approximate surface area is 122 Å². The lowest BCUT2D eigenvalue weighted by Gasteiger charge is -2.22. The van der Waals surface area contributed by atoms with Crippen LogP contribution in [0.4, 0.5) is 5.69 Å². The molecule has 0 saturated heterocycles. The fourth-order valence-electron chi connectivity index (χ4n) is 2.73. The highest BCUT2D eigenvalue weighted by Gasteiger charge is 2.56. The van der Waals surface area contributed by atoms with Crippen molar-refractivity contribution in [3.8, 4) is 0 Å². The molecule has 20 heavy (non-hydrogen) atoms. The van der Waals surface area contributed by atoms with Crippen LogP contribution in [0.3, 0.4) is 0 Å². The van der Waals surface area contributed by atoms with Crippen LogP contribution in [-0.4, -0.2) is 11.8 Å². The summed E-state index contributed by atoms with van der Waals surface area (Å²) in [5.74, 6) is -0.722. The maximum atomic E-state index is 12.7. The maximum Gasteiger partial charge on any atom is 0.341 e. The average Bonchev–Trinajstić information content (AvgIpc) is 2.89. The molecule has 0 saturated carbocycles. The molecule has 1 unspecified atom stereocenters. The van der Waals surface area contributed by atoms with Crippen molar-refractivity contribution in [1.29, 1.82) is 0 Å². The first kappa shape index (κ1) is 11.7. The Morgan fingerprint density at radius 3 is 2.70 bits per heavy atom. The maximum absolute atomic E-state index is 12.7. The van der Waals surface area contributed by atoms with Crippen LogP contribution in [0.1, 0.15) is 26.3 Å². The zero-order valence-electron chi connectivity index (χ0n) is 10.1. The van der Waals surface area contributed by atoms with Gasteiger partial charge in [0.2, 0.25) is 5.78 Å². The standard InChI is InChI=1S/C15H8BrNO3/c16-8-5-6-12-10(7-8)13(18)15(17-12)11-4-2-1-3-9(11)14(19)20-15/h1-7,17H. The highest BCUT2D eigenvalue weighted by Crippen LogP contribution is 2.45. The first-order chi connectivity index (χ1) is 9.62. The third-order valence-electron chi connectivity index (χ3n) is 3.63. The Morgan fingerprint density at radius 2 is 1.85 bits per heavy atom. The van der Waals surface area contributed by atoms with Crippen molar-refractivity contribution >= 4 is 33.4 Å².